The third-order valence-electron chi connectivity index (χ3n) is 5.43. The van der Waals surface area contributed by atoms with Crippen LogP contribution in [0.1, 0.15) is 39.4 Å². The van der Waals surface area contributed by atoms with Crippen LogP contribution in [-0.4, -0.2) is 28.6 Å². The largest absolute Gasteiger partial charge is 0.403 e. The molecule has 0 spiro atoms. The lowest BCUT2D eigenvalue weighted by Gasteiger charge is -2.26. The molecule has 7 heteroatoms. The minimum atomic E-state index is -0.306. The summed E-state index contributed by atoms with van der Waals surface area (Å²) in [7, 11) is 0. The quantitative estimate of drug-likeness (QED) is 0.442. The fraction of sp³-hybridized carbons (Fsp3) is 0.167. The van der Waals surface area contributed by atoms with E-state index in [1.165, 1.54) is 6.20 Å². The number of aromatic nitrogens is 1. The average molecular weight is 414 g/mol. The molecule has 1 aromatic heterocycles. The Bertz CT molecular complexity index is 1190. The number of nitrogens with one attached hydrogen (secondary N) is 2. The molecule has 0 aliphatic carbocycles. The molecule has 3 aromatic rings. The fourth-order valence-corrected chi connectivity index (χ4v) is 3.67. The van der Waals surface area contributed by atoms with Crippen molar-refractivity contribution >= 4 is 28.9 Å². The number of rotatable bonds is 5. The zero-order valence-corrected chi connectivity index (χ0v) is 17.2. The molecule has 2 heterocycles. The van der Waals surface area contributed by atoms with Crippen molar-refractivity contribution in [3.8, 4) is 0 Å². The smallest absolute Gasteiger partial charge is 0.271 e. The predicted molar refractivity (Wildman–Crippen MR) is 122 cm³/mol. The first-order valence-electron chi connectivity index (χ1n) is 10.0. The summed E-state index contributed by atoms with van der Waals surface area (Å²) in [6.07, 6.45) is 2.85. The SMILES string of the molecule is [CH2+]C1NC(=O)c2cc3ccc(C(=O)NC(C=NCc4ccccc4)=CN)cc3n2C1C. The van der Waals surface area contributed by atoms with Crippen molar-refractivity contribution in [2.45, 2.75) is 25.6 Å². The second kappa shape index (κ2) is 8.39. The van der Waals surface area contributed by atoms with Gasteiger partial charge in [0.15, 0.2) is 6.04 Å². The Morgan fingerprint density at radius 1 is 1.26 bits per heavy atom. The van der Waals surface area contributed by atoms with Crippen molar-refractivity contribution in [2.75, 3.05) is 0 Å². The zero-order chi connectivity index (χ0) is 22.0. The third kappa shape index (κ3) is 4.02. The average Bonchev–Trinajstić information content (AvgIpc) is 3.17. The molecule has 0 saturated heterocycles. The number of hydrogen-bond acceptors (Lipinski definition) is 4. The van der Waals surface area contributed by atoms with Crippen LogP contribution >= 0.6 is 0 Å². The molecule has 31 heavy (non-hydrogen) atoms. The van der Waals surface area contributed by atoms with Crippen LogP contribution in [-0.2, 0) is 6.54 Å². The van der Waals surface area contributed by atoms with E-state index in [0.717, 1.165) is 16.5 Å². The summed E-state index contributed by atoms with van der Waals surface area (Å²) in [5.41, 5.74) is 8.98. The van der Waals surface area contributed by atoms with Gasteiger partial charge >= 0.3 is 0 Å². The first-order valence-corrected chi connectivity index (χ1v) is 10.0. The van der Waals surface area contributed by atoms with Crippen LogP contribution in [0.2, 0.25) is 0 Å². The third-order valence-corrected chi connectivity index (χ3v) is 5.43. The number of hydrogen-bond donors (Lipinski definition) is 3. The van der Waals surface area contributed by atoms with Gasteiger partial charge in [-0.05, 0) is 30.7 Å². The van der Waals surface area contributed by atoms with E-state index >= 15 is 0 Å². The summed E-state index contributed by atoms with van der Waals surface area (Å²) in [6.45, 7) is 6.48. The molecular formula is C24H24N5O2+. The first kappa shape index (κ1) is 20.3. The van der Waals surface area contributed by atoms with Gasteiger partial charge in [0.05, 0.1) is 25.2 Å². The van der Waals surface area contributed by atoms with Gasteiger partial charge in [-0.25, -0.2) is 0 Å². The molecule has 2 atom stereocenters. The van der Waals surface area contributed by atoms with Crippen LogP contribution in [0.3, 0.4) is 0 Å². The van der Waals surface area contributed by atoms with Gasteiger partial charge in [-0.1, -0.05) is 36.4 Å². The van der Waals surface area contributed by atoms with Crippen LogP contribution in [0.5, 0.6) is 0 Å². The first-order chi connectivity index (χ1) is 15.0. The van der Waals surface area contributed by atoms with Gasteiger partial charge in [0, 0.05) is 28.9 Å². The lowest BCUT2D eigenvalue weighted by Crippen LogP contribution is -2.44. The van der Waals surface area contributed by atoms with Crippen molar-refractivity contribution in [3.63, 3.8) is 0 Å². The van der Waals surface area contributed by atoms with Crippen LogP contribution in [0.15, 0.2) is 71.5 Å². The molecule has 0 saturated carbocycles. The highest BCUT2D eigenvalue weighted by Gasteiger charge is 2.33. The number of aliphatic imine (C=N–C) groups is 1. The minimum Gasteiger partial charge on any atom is -0.403 e. The molecule has 1 aliphatic heterocycles. The topological polar surface area (TPSA) is 102 Å². The number of carbonyl (C=O) groups excluding carboxylic acids is 2. The van der Waals surface area contributed by atoms with Gasteiger partial charge in [-0.2, -0.15) is 0 Å². The summed E-state index contributed by atoms with van der Waals surface area (Å²) in [6, 6.07) is 16.7. The summed E-state index contributed by atoms with van der Waals surface area (Å²) >= 11 is 0. The van der Waals surface area contributed by atoms with Crippen molar-refractivity contribution in [3.05, 3.63) is 90.2 Å². The number of carbonyl (C=O) groups is 2. The maximum atomic E-state index is 12.8. The molecule has 1 aliphatic rings. The van der Waals surface area contributed by atoms with E-state index in [0.29, 0.717) is 23.5 Å². The van der Waals surface area contributed by atoms with E-state index in [1.807, 2.05) is 54.0 Å². The zero-order valence-electron chi connectivity index (χ0n) is 17.2. The second-order valence-electron chi connectivity index (χ2n) is 7.53. The van der Waals surface area contributed by atoms with Crippen molar-refractivity contribution in [1.82, 2.24) is 15.2 Å². The highest BCUT2D eigenvalue weighted by atomic mass is 16.2. The van der Waals surface area contributed by atoms with Crippen LogP contribution in [0, 0.1) is 6.92 Å². The maximum absolute atomic E-state index is 12.8. The summed E-state index contributed by atoms with van der Waals surface area (Å²) in [5.74, 6) is -0.470. The van der Waals surface area contributed by atoms with Gasteiger partial charge < -0.3 is 20.9 Å². The highest BCUT2D eigenvalue weighted by Crippen LogP contribution is 2.29. The monoisotopic (exact) mass is 414 g/mol. The van der Waals surface area contributed by atoms with Crippen molar-refractivity contribution < 1.29 is 9.59 Å². The Kier molecular flexibility index (Phi) is 5.49. The van der Waals surface area contributed by atoms with E-state index < -0.39 is 0 Å². The molecule has 156 valence electrons. The summed E-state index contributed by atoms with van der Waals surface area (Å²) in [5, 5.41) is 6.53. The summed E-state index contributed by atoms with van der Waals surface area (Å²) < 4.78 is 1.93. The maximum Gasteiger partial charge on any atom is 0.271 e. The number of amides is 2. The number of nitrogens with two attached hydrogens (primary N) is 1. The normalized spacial score (nSPS) is 18.7. The molecular weight excluding hydrogens is 390 g/mol. The number of allylic oxidation sites excluding steroid dienone is 1. The van der Waals surface area contributed by atoms with Gasteiger partial charge in [0.25, 0.3) is 11.8 Å². The molecule has 2 unspecified atom stereocenters. The molecule has 0 bridgehead atoms. The fourth-order valence-electron chi connectivity index (χ4n) is 3.67. The standard InChI is InChI=1S/C24H23N5O2/c1-15-16(2)29-21-11-19(9-8-18(21)10-22(29)24(31)27-15)23(30)28-20(12-25)14-26-13-17-6-4-3-5-7-17/h3-12,14-16H,1,13H2,2H3,(H3-,25,26,27,28,30,31)/p+1. The molecule has 4 N–H and O–H groups in total. The Morgan fingerprint density at radius 3 is 2.77 bits per heavy atom. The van der Waals surface area contributed by atoms with Crippen LogP contribution in [0.25, 0.3) is 10.9 Å². The summed E-state index contributed by atoms with van der Waals surface area (Å²) in [4.78, 5) is 29.5. The van der Waals surface area contributed by atoms with Crippen molar-refractivity contribution in [2.24, 2.45) is 10.7 Å². The van der Waals surface area contributed by atoms with E-state index in [1.54, 1.807) is 18.3 Å². The highest BCUT2D eigenvalue weighted by molar-refractivity contribution is 6.04. The molecule has 4 rings (SSSR count). The van der Waals surface area contributed by atoms with E-state index in [2.05, 4.69) is 22.5 Å². The Hall–Kier alpha value is -4.00. The van der Waals surface area contributed by atoms with Crippen LogP contribution in [0.4, 0.5) is 0 Å². The number of benzene rings is 2. The number of fused-ring (bicyclic) bond motifs is 3. The van der Waals surface area contributed by atoms with E-state index in [9.17, 15) is 9.59 Å². The number of nitrogens with zero attached hydrogens (tertiary/aromatic N) is 2. The van der Waals surface area contributed by atoms with Crippen molar-refractivity contribution in [1.29, 1.82) is 0 Å². The van der Waals surface area contributed by atoms with E-state index in [-0.39, 0.29) is 23.9 Å². The Morgan fingerprint density at radius 2 is 2.03 bits per heavy atom. The molecule has 2 aromatic carbocycles. The molecule has 0 fully saturated rings. The van der Waals surface area contributed by atoms with Gasteiger partial charge in [0.1, 0.15) is 5.69 Å². The minimum absolute atomic E-state index is 0.0341. The molecule has 0 radical (unpaired) electrons. The predicted octanol–water partition coefficient (Wildman–Crippen LogP) is 2.95. The van der Waals surface area contributed by atoms with Gasteiger partial charge in [-0.3, -0.25) is 14.6 Å². The van der Waals surface area contributed by atoms with Gasteiger partial charge in [0.2, 0.25) is 0 Å². The lowest BCUT2D eigenvalue weighted by atomic mass is 10.1. The Balaban J connectivity index is 1.54. The lowest BCUT2D eigenvalue weighted by molar-refractivity contribution is 0.0899. The second-order valence-corrected chi connectivity index (χ2v) is 7.53. The Labute approximate surface area is 180 Å². The van der Waals surface area contributed by atoms with Crippen LogP contribution < -0.4 is 16.4 Å². The molecule has 7 nitrogen and oxygen atoms in total. The van der Waals surface area contributed by atoms with Gasteiger partial charge in [-0.15, -0.1) is 0 Å². The molecule has 2 amide bonds. The van der Waals surface area contributed by atoms with E-state index in [4.69, 9.17) is 5.73 Å².